The number of aromatic nitrogens is 2. The number of primary amides is 1. The van der Waals surface area contributed by atoms with E-state index in [1.807, 2.05) is 12.1 Å². The van der Waals surface area contributed by atoms with Gasteiger partial charge in [-0.1, -0.05) is 18.2 Å². The van der Waals surface area contributed by atoms with Gasteiger partial charge >= 0.3 is 0 Å². The second kappa shape index (κ2) is 6.76. The molecule has 3 heterocycles. The second-order valence-corrected chi connectivity index (χ2v) is 7.27. The van der Waals surface area contributed by atoms with Crippen LogP contribution in [0.25, 0.3) is 10.9 Å². The average Bonchev–Trinajstić information content (AvgIpc) is 3.36. The normalized spacial score (nSPS) is 20.7. The molecular formula is C21H21N5O2. The predicted octanol–water partition coefficient (Wildman–Crippen LogP) is 1.83. The molecule has 4 N–H and O–H groups in total. The molecule has 5 rings (SSSR count). The lowest BCUT2D eigenvalue weighted by molar-refractivity contribution is 0.100. The number of carbonyl (C=O) groups excluding carboxylic acids is 1. The van der Waals surface area contributed by atoms with Crippen LogP contribution in [0.4, 0.5) is 5.82 Å². The van der Waals surface area contributed by atoms with E-state index in [0.717, 1.165) is 43.1 Å². The largest absolute Gasteiger partial charge is 0.493 e. The maximum absolute atomic E-state index is 11.7. The Morgan fingerprint density at radius 3 is 3.04 bits per heavy atom. The molecule has 2 aliphatic heterocycles. The van der Waals surface area contributed by atoms with Crippen molar-refractivity contribution in [3.05, 3.63) is 59.4 Å². The fourth-order valence-electron chi connectivity index (χ4n) is 4.19. The van der Waals surface area contributed by atoms with Gasteiger partial charge in [0.1, 0.15) is 17.9 Å². The lowest BCUT2D eigenvalue weighted by Crippen LogP contribution is -2.28. The molecule has 7 nitrogen and oxygen atoms in total. The van der Waals surface area contributed by atoms with Crippen molar-refractivity contribution in [2.24, 2.45) is 5.73 Å². The van der Waals surface area contributed by atoms with Crippen molar-refractivity contribution in [1.29, 1.82) is 0 Å². The second-order valence-electron chi connectivity index (χ2n) is 7.27. The molecule has 0 unspecified atom stereocenters. The van der Waals surface area contributed by atoms with E-state index < -0.39 is 5.91 Å². The zero-order valence-corrected chi connectivity index (χ0v) is 15.3. The number of amides is 1. The SMILES string of the molecule is NC(=O)c1cccc2c(N[C@H]3CNC[C@@H]3c3ccc4c(c3)CCO4)ncnc12. The van der Waals surface area contributed by atoms with Gasteiger partial charge in [-0.25, -0.2) is 9.97 Å². The summed E-state index contributed by atoms with van der Waals surface area (Å²) in [6.07, 6.45) is 2.44. The van der Waals surface area contributed by atoms with Crippen molar-refractivity contribution in [2.75, 3.05) is 25.0 Å². The van der Waals surface area contributed by atoms with E-state index in [2.05, 4.69) is 38.8 Å². The molecule has 1 saturated heterocycles. The third-order valence-electron chi connectivity index (χ3n) is 5.61. The Hall–Kier alpha value is -3.19. The Morgan fingerprint density at radius 1 is 1.21 bits per heavy atom. The van der Waals surface area contributed by atoms with Crippen molar-refractivity contribution in [3.63, 3.8) is 0 Å². The first-order chi connectivity index (χ1) is 13.7. The molecular weight excluding hydrogens is 354 g/mol. The predicted molar refractivity (Wildman–Crippen MR) is 107 cm³/mol. The quantitative estimate of drug-likeness (QED) is 0.643. The third kappa shape index (κ3) is 2.84. The number of nitrogens with two attached hydrogens (primary N) is 1. The summed E-state index contributed by atoms with van der Waals surface area (Å²) in [6, 6.07) is 12.1. The van der Waals surface area contributed by atoms with Crippen LogP contribution in [-0.2, 0) is 6.42 Å². The summed E-state index contributed by atoms with van der Waals surface area (Å²) in [5.41, 5.74) is 9.05. The lowest BCUT2D eigenvalue weighted by Gasteiger charge is -2.22. The van der Waals surface area contributed by atoms with Crippen LogP contribution in [0.1, 0.15) is 27.4 Å². The van der Waals surface area contributed by atoms with E-state index in [-0.39, 0.29) is 6.04 Å². The molecule has 2 aliphatic rings. The smallest absolute Gasteiger partial charge is 0.250 e. The summed E-state index contributed by atoms with van der Waals surface area (Å²) in [5.74, 6) is 1.54. The molecule has 3 aromatic rings. The maximum atomic E-state index is 11.7. The molecule has 1 fully saturated rings. The van der Waals surface area contributed by atoms with Gasteiger partial charge in [0, 0.05) is 36.9 Å². The number of para-hydroxylation sites is 1. The van der Waals surface area contributed by atoms with Crippen LogP contribution in [0, 0.1) is 0 Å². The third-order valence-corrected chi connectivity index (χ3v) is 5.61. The Bertz CT molecular complexity index is 1070. The Labute approximate surface area is 162 Å². The van der Waals surface area contributed by atoms with Gasteiger partial charge in [-0.15, -0.1) is 0 Å². The number of nitrogens with one attached hydrogen (secondary N) is 2. The van der Waals surface area contributed by atoms with Crippen molar-refractivity contribution < 1.29 is 9.53 Å². The number of ether oxygens (including phenoxy) is 1. The van der Waals surface area contributed by atoms with Gasteiger partial charge in [0.25, 0.3) is 5.91 Å². The molecule has 28 heavy (non-hydrogen) atoms. The first-order valence-electron chi connectivity index (χ1n) is 9.47. The summed E-state index contributed by atoms with van der Waals surface area (Å²) in [6.45, 7) is 2.49. The summed E-state index contributed by atoms with van der Waals surface area (Å²) in [5, 5.41) is 7.84. The minimum absolute atomic E-state index is 0.177. The van der Waals surface area contributed by atoms with E-state index in [1.165, 1.54) is 17.5 Å². The molecule has 2 aromatic carbocycles. The minimum atomic E-state index is -0.490. The number of carbonyl (C=O) groups is 1. The van der Waals surface area contributed by atoms with Gasteiger partial charge in [-0.05, 0) is 29.3 Å². The van der Waals surface area contributed by atoms with Crippen LogP contribution in [0.15, 0.2) is 42.7 Å². The van der Waals surface area contributed by atoms with Crippen LogP contribution < -0.4 is 21.1 Å². The number of rotatable bonds is 4. The number of benzene rings is 2. The van der Waals surface area contributed by atoms with Crippen LogP contribution in [0.2, 0.25) is 0 Å². The monoisotopic (exact) mass is 375 g/mol. The number of hydrogen-bond acceptors (Lipinski definition) is 6. The average molecular weight is 375 g/mol. The fraction of sp³-hybridized carbons (Fsp3) is 0.286. The zero-order valence-electron chi connectivity index (χ0n) is 15.3. The van der Waals surface area contributed by atoms with Crippen LogP contribution in [0.5, 0.6) is 5.75 Å². The Balaban J connectivity index is 1.47. The van der Waals surface area contributed by atoms with Gasteiger partial charge < -0.3 is 21.1 Å². The number of hydrogen-bond donors (Lipinski definition) is 3. The topological polar surface area (TPSA) is 102 Å². The van der Waals surface area contributed by atoms with Crippen LogP contribution in [-0.4, -0.2) is 41.6 Å². The van der Waals surface area contributed by atoms with Crippen LogP contribution in [0.3, 0.4) is 0 Å². The van der Waals surface area contributed by atoms with E-state index in [0.29, 0.717) is 17.0 Å². The summed E-state index contributed by atoms with van der Waals surface area (Å²) >= 11 is 0. The Kier molecular flexibility index (Phi) is 4.09. The highest BCUT2D eigenvalue weighted by Gasteiger charge is 2.30. The number of anilines is 1. The summed E-state index contributed by atoms with van der Waals surface area (Å²) in [7, 11) is 0. The zero-order chi connectivity index (χ0) is 19.1. The molecule has 0 radical (unpaired) electrons. The van der Waals surface area contributed by atoms with Crippen molar-refractivity contribution in [2.45, 2.75) is 18.4 Å². The minimum Gasteiger partial charge on any atom is -0.493 e. The summed E-state index contributed by atoms with van der Waals surface area (Å²) in [4.78, 5) is 20.4. The van der Waals surface area contributed by atoms with Gasteiger partial charge in [0.15, 0.2) is 0 Å². The van der Waals surface area contributed by atoms with E-state index >= 15 is 0 Å². The molecule has 2 atom stereocenters. The summed E-state index contributed by atoms with van der Waals surface area (Å²) < 4.78 is 5.63. The van der Waals surface area contributed by atoms with Gasteiger partial charge in [0.2, 0.25) is 0 Å². The van der Waals surface area contributed by atoms with Gasteiger partial charge in [0.05, 0.1) is 17.7 Å². The van der Waals surface area contributed by atoms with E-state index in [4.69, 9.17) is 10.5 Å². The molecule has 1 amide bonds. The molecule has 142 valence electrons. The van der Waals surface area contributed by atoms with Gasteiger partial charge in [-0.3, -0.25) is 4.79 Å². The molecule has 1 aromatic heterocycles. The van der Waals surface area contributed by atoms with E-state index in [1.54, 1.807) is 6.07 Å². The fourth-order valence-corrected chi connectivity index (χ4v) is 4.19. The van der Waals surface area contributed by atoms with Crippen molar-refractivity contribution >= 4 is 22.6 Å². The molecule has 0 aliphatic carbocycles. The maximum Gasteiger partial charge on any atom is 0.250 e. The number of fused-ring (bicyclic) bond motifs is 2. The van der Waals surface area contributed by atoms with E-state index in [9.17, 15) is 4.79 Å². The van der Waals surface area contributed by atoms with Crippen LogP contribution >= 0.6 is 0 Å². The molecule has 0 saturated carbocycles. The molecule has 0 spiro atoms. The lowest BCUT2D eigenvalue weighted by atomic mass is 9.92. The van der Waals surface area contributed by atoms with Gasteiger partial charge in [-0.2, -0.15) is 0 Å². The first kappa shape index (κ1) is 16.9. The Morgan fingerprint density at radius 2 is 2.14 bits per heavy atom. The molecule has 7 heteroatoms. The highest BCUT2D eigenvalue weighted by Crippen LogP contribution is 2.33. The standard InChI is InChI=1S/C21H21N5O2/c22-20(27)14-2-1-3-15-19(14)24-11-25-21(15)26-17-10-23-9-16(17)12-4-5-18-13(8-12)6-7-28-18/h1-5,8,11,16-17,23H,6-7,9-10H2,(H2,22,27)(H,24,25,26)/t16-,17+/m1/s1. The van der Waals surface area contributed by atoms with Crippen molar-refractivity contribution in [1.82, 2.24) is 15.3 Å². The molecule has 0 bridgehead atoms. The highest BCUT2D eigenvalue weighted by molar-refractivity contribution is 6.06. The highest BCUT2D eigenvalue weighted by atomic mass is 16.5. The van der Waals surface area contributed by atoms with Crippen molar-refractivity contribution in [3.8, 4) is 5.75 Å². The first-order valence-corrected chi connectivity index (χ1v) is 9.47. The number of nitrogens with zero attached hydrogens (tertiary/aromatic N) is 2.